The molecule has 1 aliphatic heterocycles. The molecule has 0 spiro atoms. The summed E-state index contributed by atoms with van der Waals surface area (Å²) in [6.45, 7) is 2.07. The Labute approximate surface area is 134 Å². The minimum atomic E-state index is -0.431. The maximum Gasteiger partial charge on any atom is 0.227 e. The van der Waals surface area contributed by atoms with E-state index in [9.17, 15) is 4.39 Å². The third-order valence-electron chi connectivity index (χ3n) is 3.80. The molecule has 0 radical (unpaired) electrons. The quantitative estimate of drug-likeness (QED) is 0.935. The second kappa shape index (κ2) is 7.56. The summed E-state index contributed by atoms with van der Waals surface area (Å²) in [5, 5.41) is 7.27. The molecule has 22 heavy (non-hydrogen) atoms. The highest BCUT2D eigenvalue weighted by Gasteiger charge is 2.18. The average molecular weight is 328 g/mol. The van der Waals surface area contributed by atoms with Crippen molar-refractivity contribution in [2.75, 3.05) is 20.2 Å². The molecular formula is C15H19ClFN3O2. The fourth-order valence-corrected chi connectivity index (χ4v) is 2.59. The number of hydrogen-bond donors (Lipinski definition) is 1. The Bertz CT molecular complexity index is 615. The number of benzene rings is 1. The first-order valence-corrected chi connectivity index (χ1v) is 7.13. The van der Waals surface area contributed by atoms with Gasteiger partial charge in [-0.05, 0) is 50.0 Å². The number of hydrogen-bond acceptors (Lipinski definition) is 5. The van der Waals surface area contributed by atoms with Crippen LogP contribution in [0.3, 0.4) is 0 Å². The second-order valence-corrected chi connectivity index (χ2v) is 5.26. The van der Waals surface area contributed by atoms with Crippen LogP contribution in [0.15, 0.2) is 22.7 Å². The lowest BCUT2D eigenvalue weighted by molar-refractivity contribution is 0.313. The molecule has 0 atom stereocenters. The lowest BCUT2D eigenvalue weighted by atomic mass is 9.95. The van der Waals surface area contributed by atoms with Crippen LogP contribution < -0.4 is 10.1 Å². The van der Waals surface area contributed by atoms with Gasteiger partial charge in [-0.1, -0.05) is 5.16 Å². The molecule has 2 aromatic rings. The topological polar surface area (TPSA) is 60.2 Å². The molecule has 1 aromatic carbocycles. The van der Waals surface area contributed by atoms with Crippen molar-refractivity contribution in [3.8, 4) is 17.1 Å². The van der Waals surface area contributed by atoms with Gasteiger partial charge in [0.05, 0.1) is 7.11 Å². The SMILES string of the molecule is COc1ccc(-c2noc(CC3CCNCC3)n2)cc1F.Cl. The molecule has 0 aliphatic carbocycles. The largest absolute Gasteiger partial charge is 0.494 e. The summed E-state index contributed by atoms with van der Waals surface area (Å²) in [6.07, 6.45) is 3.02. The van der Waals surface area contributed by atoms with E-state index in [1.54, 1.807) is 12.1 Å². The van der Waals surface area contributed by atoms with Crippen molar-refractivity contribution in [3.05, 3.63) is 29.9 Å². The van der Waals surface area contributed by atoms with Crippen molar-refractivity contribution in [1.82, 2.24) is 15.5 Å². The van der Waals surface area contributed by atoms with Crippen LogP contribution >= 0.6 is 12.4 Å². The first-order chi connectivity index (χ1) is 10.3. The Kier molecular flexibility index (Phi) is 5.74. The van der Waals surface area contributed by atoms with E-state index in [1.807, 2.05) is 0 Å². The van der Waals surface area contributed by atoms with Crippen molar-refractivity contribution >= 4 is 12.4 Å². The monoisotopic (exact) mass is 327 g/mol. The zero-order valence-corrected chi connectivity index (χ0v) is 13.2. The molecule has 3 rings (SSSR count). The normalized spacial score (nSPS) is 15.4. The van der Waals surface area contributed by atoms with Crippen LogP contribution in [-0.4, -0.2) is 30.3 Å². The average Bonchev–Trinajstić information content (AvgIpc) is 2.97. The molecule has 2 heterocycles. The van der Waals surface area contributed by atoms with Crippen molar-refractivity contribution in [2.24, 2.45) is 5.92 Å². The fraction of sp³-hybridized carbons (Fsp3) is 0.467. The van der Waals surface area contributed by atoms with Gasteiger partial charge < -0.3 is 14.6 Å². The highest BCUT2D eigenvalue weighted by molar-refractivity contribution is 5.85. The number of halogens is 2. The summed E-state index contributed by atoms with van der Waals surface area (Å²) in [6, 6.07) is 4.65. The van der Waals surface area contributed by atoms with Gasteiger partial charge in [-0.3, -0.25) is 0 Å². The minimum Gasteiger partial charge on any atom is -0.494 e. The van der Waals surface area contributed by atoms with Crippen LogP contribution in [0.5, 0.6) is 5.75 Å². The maximum absolute atomic E-state index is 13.7. The summed E-state index contributed by atoms with van der Waals surface area (Å²) in [4.78, 5) is 4.37. The molecule has 1 N–H and O–H groups in total. The molecule has 120 valence electrons. The van der Waals surface area contributed by atoms with E-state index in [0.717, 1.165) is 32.4 Å². The van der Waals surface area contributed by atoms with Gasteiger partial charge in [-0.2, -0.15) is 4.98 Å². The summed E-state index contributed by atoms with van der Waals surface area (Å²) < 4.78 is 23.9. The smallest absolute Gasteiger partial charge is 0.227 e. The Morgan fingerprint density at radius 3 is 2.82 bits per heavy atom. The van der Waals surface area contributed by atoms with E-state index in [4.69, 9.17) is 9.26 Å². The van der Waals surface area contributed by atoms with Crippen molar-refractivity contribution in [1.29, 1.82) is 0 Å². The molecule has 5 nitrogen and oxygen atoms in total. The summed E-state index contributed by atoms with van der Waals surface area (Å²) >= 11 is 0. The number of aromatic nitrogens is 2. The molecule has 0 unspecified atom stereocenters. The predicted molar refractivity (Wildman–Crippen MR) is 82.8 cm³/mol. The summed E-state index contributed by atoms with van der Waals surface area (Å²) in [7, 11) is 1.43. The first-order valence-electron chi connectivity index (χ1n) is 7.13. The number of nitrogens with zero attached hydrogens (tertiary/aromatic N) is 2. The lowest BCUT2D eigenvalue weighted by Crippen LogP contribution is -2.28. The van der Waals surface area contributed by atoms with Crippen molar-refractivity contribution < 1.29 is 13.7 Å². The number of methoxy groups -OCH3 is 1. The van der Waals surface area contributed by atoms with Gasteiger partial charge in [0.25, 0.3) is 0 Å². The van der Waals surface area contributed by atoms with E-state index in [0.29, 0.717) is 23.2 Å². The van der Waals surface area contributed by atoms with Crippen LogP contribution in [0.2, 0.25) is 0 Å². The van der Waals surface area contributed by atoms with Crippen LogP contribution in [-0.2, 0) is 6.42 Å². The Balaban J connectivity index is 0.00000176. The first kappa shape index (κ1) is 16.7. The molecule has 1 saturated heterocycles. The van der Waals surface area contributed by atoms with Crippen molar-refractivity contribution in [2.45, 2.75) is 19.3 Å². The molecule has 1 aromatic heterocycles. The van der Waals surface area contributed by atoms with Crippen molar-refractivity contribution in [3.63, 3.8) is 0 Å². The van der Waals surface area contributed by atoms with Gasteiger partial charge in [0.15, 0.2) is 11.6 Å². The van der Waals surface area contributed by atoms with Gasteiger partial charge in [0, 0.05) is 12.0 Å². The molecule has 1 aliphatic rings. The molecule has 1 fully saturated rings. The van der Waals surface area contributed by atoms with Gasteiger partial charge >= 0.3 is 0 Å². The van der Waals surface area contributed by atoms with Gasteiger partial charge in [0.2, 0.25) is 11.7 Å². The van der Waals surface area contributed by atoms with Crippen LogP contribution in [0.25, 0.3) is 11.4 Å². The van der Waals surface area contributed by atoms with E-state index in [1.165, 1.54) is 13.2 Å². The highest BCUT2D eigenvalue weighted by atomic mass is 35.5. The number of nitrogens with one attached hydrogen (secondary N) is 1. The Morgan fingerprint density at radius 1 is 1.36 bits per heavy atom. The minimum absolute atomic E-state index is 0. The third-order valence-corrected chi connectivity index (χ3v) is 3.80. The van der Waals surface area contributed by atoms with E-state index >= 15 is 0 Å². The van der Waals surface area contributed by atoms with Gasteiger partial charge in [0.1, 0.15) is 0 Å². The van der Waals surface area contributed by atoms with E-state index < -0.39 is 5.82 Å². The molecule has 0 bridgehead atoms. The van der Waals surface area contributed by atoms with Gasteiger partial charge in [-0.15, -0.1) is 12.4 Å². The highest BCUT2D eigenvalue weighted by Crippen LogP contribution is 2.24. The second-order valence-electron chi connectivity index (χ2n) is 5.26. The van der Waals surface area contributed by atoms with Crippen LogP contribution in [0, 0.1) is 11.7 Å². The van der Waals surface area contributed by atoms with E-state index in [-0.39, 0.29) is 18.2 Å². The van der Waals surface area contributed by atoms with Crippen LogP contribution in [0.4, 0.5) is 4.39 Å². The summed E-state index contributed by atoms with van der Waals surface area (Å²) in [5.74, 6) is 1.39. The third kappa shape index (κ3) is 3.75. The summed E-state index contributed by atoms with van der Waals surface area (Å²) in [5.41, 5.74) is 0.591. The zero-order valence-electron chi connectivity index (χ0n) is 12.3. The number of rotatable bonds is 4. The van der Waals surface area contributed by atoms with E-state index in [2.05, 4.69) is 15.5 Å². The van der Waals surface area contributed by atoms with Crippen LogP contribution in [0.1, 0.15) is 18.7 Å². The molecule has 7 heteroatoms. The zero-order chi connectivity index (χ0) is 14.7. The standard InChI is InChI=1S/C15H18FN3O2.ClH/c1-20-13-3-2-11(9-12(13)16)15-18-14(21-19-15)8-10-4-6-17-7-5-10;/h2-3,9-10,17H,4-8H2,1H3;1H. The molecule has 0 saturated carbocycles. The fourth-order valence-electron chi connectivity index (χ4n) is 2.59. The maximum atomic E-state index is 13.7. The number of piperidine rings is 1. The predicted octanol–water partition coefficient (Wildman–Crippen LogP) is 2.85. The van der Waals surface area contributed by atoms with Gasteiger partial charge in [-0.25, -0.2) is 4.39 Å². The number of ether oxygens (including phenoxy) is 1. The Morgan fingerprint density at radius 2 is 2.14 bits per heavy atom. The molecular weight excluding hydrogens is 309 g/mol. The molecule has 0 amide bonds. The Hall–Kier alpha value is -1.66. The lowest BCUT2D eigenvalue weighted by Gasteiger charge is -2.20.